The van der Waals surface area contributed by atoms with Gasteiger partial charge >= 0.3 is 0 Å². The Balaban J connectivity index is 1.76. The van der Waals surface area contributed by atoms with Gasteiger partial charge in [0.15, 0.2) is 0 Å². The first kappa shape index (κ1) is 20.3. The predicted molar refractivity (Wildman–Crippen MR) is 103 cm³/mol. The summed E-state index contributed by atoms with van der Waals surface area (Å²) in [6.07, 6.45) is 0.739. The highest BCUT2D eigenvalue weighted by Crippen LogP contribution is 2.27. The van der Waals surface area contributed by atoms with Crippen molar-refractivity contribution in [3.8, 4) is 11.5 Å². The lowest BCUT2D eigenvalue weighted by Crippen LogP contribution is -2.56. The summed E-state index contributed by atoms with van der Waals surface area (Å²) in [5.41, 5.74) is 0.634. The molecule has 8 nitrogen and oxygen atoms in total. The van der Waals surface area contributed by atoms with Crippen LogP contribution in [0.15, 0.2) is 59.5 Å². The zero-order chi connectivity index (χ0) is 20.0. The van der Waals surface area contributed by atoms with Gasteiger partial charge < -0.3 is 10.1 Å². The second-order valence-corrected chi connectivity index (χ2v) is 8.42. The molecule has 28 heavy (non-hydrogen) atoms. The minimum atomic E-state index is -3.86. The number of carbonyl (C=O) groups excluding carboxylic acids is 1. The second-order valence-electron chi connectivity index (χ2n) is 6.73. The number of ether oxygens (including phenoxy) is 1. The third-order valence-corrected chi connectivity index (χ3v) is 6.24. The molecule has 0 radical (unpaired) electrons. The van der Waals surface area contributed by atoms with Gasteiger partial charge in [0, 0.05) is 12.0 Å². The number of carbonyl (C=O) groups is 1. The number of nitrogens with one attached hydrogen (secondary N) is 3. The largest absolute Gasteiger partial charge is 0.457 e. The van der Waals surface area contributed by atoms with E-state index in [1.165, 1.54) is 12.1 Å². The Labute approximate surface area is 163 Å². The van der Waals surface area contributed by atoms with Gasteiger partial charge in [-0.2, -0.15) is 0 Å². The summed E-state index contributed by atoms with van der Waals surface area (Å²) in [5, 5.41) is 12.0. The van der Waals surface area contributed by atoms with Gasteiger partial charge in [0.1, 0.15) is 11.5 Å². The number of para-hydroxylation sites is 1. The SMILES string of the molecule is O=C(CC1(NS(=O)(=O)c2ccc(Oc3ccccc3)cc2)CCNCC1)NO. The maximum absolute atomic E-state index is 12.9. The van der Waals surface area contributed by atoms with E-state index < -0.39 is 21.5 Å². The molecule has 2 aromatic rings. The van der Waals surface area contributed by atoms with E-state index in [1.54, 1.807) is 29.7 Å². The molecule has 0 aliphatic carbocycles. The van der Waals surface area contributed by atoms with Gasteiger partial charge in [-0.3, -0.25) is 10.0 Å². The molecule has 1 heterocycles. The molecule has 0 spiro atoms. The van der Waals surface area contributed by atoms with Crippen molar-refractivity contribution in [3.05, 3.63) is 54.6 Å². The smallest absolute Gasteiger partial charge is 0.245 e. The van der Waals surface area contributed by atoms with Gasteiger partial charge in [0.25, 0.3) is 0 Å². The Bertz CT molecular complexity index is 895. The van der Waals surface area contributed by atoms with Crippen LogP contribution in [-0.4, -0.2) is 38.2 Å². The molecule has 0 saturated carbocycles. The zero-order valence-electron chi connectivity index (χ0n) is 15.2. The van der Waals surface area contributed by atoms with Crippen LogP contribution in [0.25, 0.3) is 0 Å². The number of rotatable bonds is 7. The van der Waals surface area contributed by atoms with Crippen molar-refractivity contribution < 1.29 is 23.2 Å². The summed E-state index contributed by atoms with van der Waals surface area (Å²) in [6.45, 7) is 1.15. The van der Waals surface area contributed by atoms with E-state index in [4.69, 9.17) is 9.94 Å². The number of hydrogen-bond acceptors (Lipinski definition) is 6. The van der Waals surface area contributed by atoms with Crippen LogP contribution in [0, 0.1) is 0 Å². The molecule has 0 atom stereocenters. The van der Waals surface area contributed by atoms with Gasteiger partial charge in [0.05, 0.1) is 4.90 Å². The average Bonchev–Trinajstić information content (AvgIpc) is 2.69. The summed E-state index contributed by atoms with van der Waals surface area (Å²) < 4.78 is 34.1. The maximum Gasteiger partial charge on any atom is 0.245 e. The Morgan fingerprint density at radius 1 is 1.04 bits per heavy atom. The molecule has 9 heteroatoms. The lowest BCUT2D eigenvalue weighted by Gasteiger charge is -2.37. The van der Waals surface area contributed by atoms with Gasteiger partial charge in [-0.1, -0.05) is 18.2 Å². The average molecular weight is 405 g/mol. The van der Waals surface area contributed by atoms with Crippen LogP contribution in [0.1, 0.15) is 19.3 Å². The summed E-state index contributed by atoms with van der Waals surface area (Å²) >= 11 is 0. The van der Waals surface area contributed by atoms with Gasteiger partial charge in [0.2, 0.25) is 15.9 Å². The lowest BCUT2D eigenvalue weighted by molar-refractivity contribution is -0.130. The number of sulfonamides is 1. The fourth-order valence-corrected chi connectivity index (χ4v) is 4.68. The highest BCUT2D eigenvalue weighted by molar-refractivity contribution is 7.89. The Kier molecular flexibility index (Phi) is 6.30. The highest BCUT2D eigenvalue weighted by atomic mass is 32.2. The molecule has 150 valence electrons. The third-order valence-electron chi connectivity index (χ3n) is 4.65. The summed E-state index contributed by atoms with van der Waals surface area (Å²) in [7, 11) is -3.86. The topological polar surface area (TPSA) is 117 Å². The molecule has 4 N–H and O–H groups in total. The molecule has 1 aliphatic heterocycles. The predicted octanol–water partition coefficient (Wildman–Crippen LogP) is 1.77. The van der Waals surface area contributed by atoms with Crippen molar-refractivity contribution in [2.24, 2.45) is 0 Å². The van der Waals surface area contributed by atoms with Crippen LogP contribution in [0.3, 0.4) is 0 Å². The maximum atomic E-state index is 12.9. The van der Waals surface area contributed by atoms with Crippen molar-refractivity contribution in [3.63, 3.8) is 0 Å². The van der Waals surface area contributed by atoms with E-state index in [-0.39, 0.29) is 11.3 Å². The van der Waals surface area contributed by atoms with E-state index in [1.807, 2.05) is 18.2 Å². The molecule has 1 amide bonds. The van der Waals surface area contributed by atoms with E-state index in [0.717, 1.165) is 0 Å². The minimum absolute atomic E-state index is 0.0789. The van der Waals surface area contributed by atoms with Crippen LogP contribution in [-0.2, 0) is 14.8 Å². The third kappa shape index (κ3) is 5.08. The Morgan fingerprint density at radius 2 is 1.64 bits per heavy atom. The molecule has 1 saturated heterocycles. The lowest BCUT2D eigenvalue weighted by atomic mass is 9.86. The first-order chi connectivity index (χ1) is 13.4. The van der Waals surface area contributed by atoms with Crippen molar-refractivity contribution in [1.29, 1.82) is 0 Å². The van der Waals surface area contributed by atoms with Crippen LogP contribution in [0.5, 0.6) is 11.5 Å². The molecule has 1 fully saturated rings. The van der Waals surface area contributed by atoms with Gasteiger partial charge in [-0.05, 0) is 62.3 Å². The second kappa shape index (κ2) is 8.70. The summed E-state index contributed by atoms with van der Waals surface area (Å²) in [6, 6.07) is 15.3. The van der Waals surface area contributed by atoms with E-state index in [9.17, 15) is 13.2 Å². The highest BCUT2D eigenvalue weighted by Gasteiger charge is 2.38. The Morgan fingerprint density at radius 3 is 2.25 bits per heavy atom. The summed E-state index contributed by atoms with van der Waals surface area (Å²) in [5.74, 6) is 0.539. The van der Waals surface area contributed by atoms with Crippen molar-refractivity contribution in [2.45, 2.75) is 29.7 Å². The minimum Gasteiger partial charge on any atom is -0.457 e. The molecule has 3 rings (SSSR count). The number of benzene rings is 2. The molecular weight excluding hydrogens is 382 g/mol. The number of hydroxylamine groups is 1. The van der Waals surface area contributed by atoms with Gasteiger partial charge in [-0.25, -0.2) is 18.6 Å². The fraction of sp³-hybridized carbons (Fsp3) is 0.316. The van der Waals surface area contributed by atoms with Crippen LogP contribution < -0.4 is 20.3 Å². The number of piperidine rings is 1. The number of hydrogen-bond donors (Lipinski definition) is 4. The van der Waals surface area contributed by atoms with Crippen LogP contribution in [0.2, 0.25) is 0 Å². The Hall–Kier alpha value is -2.46. The van der Waals surface area contributed by atoms with Crippen molar-refractivity contribution in [1.82, 2.24) is 15.5 Å². The van der Waals surface area contributed by atoms with Crippen LogP contribution in [0.4, 0.5) is 0 Å². The monoisotopic (exact) mass is 405 g/mol. The first-order valence-electron chi connectivity index (χ1n) is 8.93. The fourth-order valence-electron chi connectivity index (χ4n) is 3.22. The zero-order valence-corrected chi connectivity index (χ0v) is 16.0. The quantitative estimate of drug-likeness (QED) is 0.412. The van der Waals surface area contributed by atoms with Crippen molar-refractivity contribution in [2.75, 3.05) is 13.1 Å². The molecule has 1 aliphatic rings. The first-order valence-corrected chi connectivity index (χ1v) is 10.4. The van der Waals surface area contributed by atoms with Crippen molar-refractivity contribution >= 4 is 15.9 Å². The van der Waals surface area contributed by atoms with Gasteiger partial charge in [-0.15, -0.1) is 0 Å². The van der Waals surface area contributed by atoms with Crippen LogP contribution >= 0.6 is 0 Å². The molecular formula is C19H23N3O5S. The number of amides is 1. The summed E-state index contributed by atoms with van der Waals surface area (Å²) in [4.78, 5) is 11.8. The van der Waals surface area contributed by atoms with E-state index in [0.29, 0.717) is 37.4 Å². The van der Waals surface area contributed by atoms with E-state index in [2.05, 4.69) is 10.0 Å². The molecule has 0 unspecified atom stereocenters. The molecule has 0 aromatic heterocycles. The van der Waals surface area contributed by atoms with E-state index >= 15 is 0 Å². The molecule has 0 bridgehead atoms. The standard InChI is InChI=1S/C19H23N3O5S/c23-18(21-24)14-19(10-12-20-13-11-19)22-28(25,26)17-8-6-16(7-9-17)27-15-4-2-1-3-5-15/h1-9,20,22,24H,10-14H2,(H,21,23). The molecule has 2 aromatic carbocycles. The normalized spacial score (nSPS) is 16.3.